The van der Waals surface area contributed by atoms with Crippen LogP contribution in [0.4, 0.5) is 0 Å². The lowest BCUT2D eigenvalue weighted by atomic mass is 9.99. The van der Waals surface area contributed by atoms with Crippen molar-refractivity contribution in [1.29, 1.82) is 0 Å². The van der Waals surface area contributed by atoms with Crippen LogP contribution in [-0.2, 0) is 0 Å². The van der Waals surface area contributed by atoms with Crippen LogP contribution in [0.25, 0.3) is 0 Å². The lowest BCUT2D eigenvalue weighted by Crippen LogP contribution is -2.30. The van der Waals surface area contributed by atoms with E-state index in [1.54, 1.807) is 0 Å². The van der Waals surface area contributed by atoms with Crippen LogP contribution in [0.5, 0.6) is 0 Å². The van der Waals surface area contributed by atoms with Gasteiger partial charge < -0.3 is 9.32 Å². The lowest BCUT2D eigenvalue weighted by Gasteiger charge is -2.27. The molecule has 2 heterocycles. The van der Waals surface area contributed by atoms with Gasteiger partial charge in [0.1, 0.15) is 0 Å². The molecule has 0 amide bonds. The first-order valence-corrected chi connectivity index (χ1v) is 4.74. The number of aromatic nitrogens is 2. The average Bonchev–Trinajstić information content (AvgIpc) is 2.52. The summed E-state index contributed by atoms with van der Waals surface area (Å²) >= 11 is 0. The van der Waals surface area contributed by atoms with Gasteiger partial charge in [0.2, 0.25) is 11.8 Å². The third kappa shape index (κ3) is 1.88. The Hall–Kier alpha value is -0.900. The first-order valence-electron chi connectivity index (χ1n) is 4.74. The summed E-state index contributed by atoms with van der Waals surface area (Å²) in [5, 5.41) is 7.91. The molecule has 1 aliphatic rings. The molecular weight excluding hydrogens is 166 g/mol. The SMILES string of the molecule is Cc1nnc(C2CCCN(C)C2)o1. The van der Waals surface area contributed by atoms with Gasteiger partial charge in [-0.2, -0.15) is 0 Å². The minimum atomic E-state index is 0.444. The molecule has 72 valence electrons. The monoisotopic (exact) mass is 181 g/mol. The molecule has 0 bridgehead atoms. The van der Waals surface area contributed by atoms with Gasteiger partial charge in [-0.05, 0) is 26.4 Å². The lowest BCUT2D eigenvalue weighted by molar-refractivity contribution is 0.229. The fourth-order valence-corrected chi connectivity index (χ4v) is 1.84. The smallest absolute Gasteiger partial charge is 0.220 e. The summed E-state index contributed by atoms with van der Waals surface area (Å²) in [6.07, 6.45) is 2.40. The summed E-state index contributed by atoms with van der Waals surface area (Å²) in [6.45, 7) is 4.06. The van der Waals surface area contributed by atoms with E-state index >= 15 is 0 Å². The summed E-state index contributed by atoms with van der Waals surface area (Å²) < 4.78 is 5.42. The second kappa shape index (κ2) is 3.46. The largest absolute Gasteiger partial charge is 0.425 e. The van der Waals surface area contributed by atoms with Crippen LogP contribution in [0.3, 0.4) is 0 Å². The third-order valence-corrected chi connectivity index (χ3v) is 2.52. The van der Waals surface area contributed by atoms with Gasteiger partial charge in [-0.1, -0.05) is 0 Å². The molecule has 1 aliphatic heterocycles. The van der Waals surface area contributed by atoms with E-state index in [4.69, 9.17) is 4.42 Å². The van der Waals surface area contributed by atoms with Gasteiger partial charge >= 0.3 is 0 Å². The second-order valence-electron chi connectivity index (χ2n) is 3.76. The van der Waals surface area contributed by atoms with Crippen molar-refractivity contribution >= 4 is 0 Å². The maximum absolute atomic E-state index is 5.42. The number of aryl methyl sites for hydroxylation is 1. The Bertz CT molecular complexity index is 284. The first-order chi connectivity index (χ1) is 6.25. The highest BCUT2D eigenvalue weighted by Gasteiger charge is 2.23. The van der Waals surface area contributed by atoms with E-state index in [-0.39, 0.29) is 0 Å². The molecule has 1 fully saturated rings. The summed E-state index contributed by atoms with van der Waals surface area (Å²) in [6, 6.07) is 0. The first kappa shape index (κ1) is 8.69. The van der Waals surface area contributed by atoms with E-state index < -0.39 is 0 Å². The van der Waals surface area contributed by atoms with Crippen LogP contribution >= 0.6 is 0 Å². The standard InChI is InChI=1S/C9H15N3O/c1-7-10-11-9(13-7)8-4-3-5-12(2)6-8/h8H,3-6H2,1-2H3. The number of likely N-dealkylation sites (N-methyl/N-ethyl adjacent to an activating group) is 1. The zero-order valence-corrected chi connectivity index (χ0v) is 8.16. The quantitative estimate of drug-likeness (QED) is 0.652. The Labute approximate surface area is 77.9 Å². The van der Waals surface area contributed by atoms with Gasteiger partial charge in [-0.3, -0.25) is 0 Å². The topological polar surface area (TPSA) is 42.2 Å². The summed E-state index contributed by atoms with van der Waals surface area (Å²) in [7, 11) is 2.13. The van der Waals surface area contributed by atoms with Crippen LogP contribution in [0, 0.1) is 6.92 Å². The molecule has 1 aromatic heterocycles. The van der Waals surface area contributed by atoms with Gasteiger partial charge in [-0.25, -0.2) is 0 Å². The van der Waals surface area contributed by atoms with Crippen molar-refractivity contribution in [2.24, 2.45) is 0 Å². The molecule has 0 aromatic carbocycles. The molecule has 0 saturated carbocycles. The molecular formula is C9H15N3O. The maximum Gasteiger partial charge on any atom is 0.220 e. The Morgan fingerprint density at radius 3 is 2.92 bits per heavy atom. The van der Waals surface area contributed by atoms with Gasteiger partial charge in [0.05, 0.1) is 5.92 Å². The van der Waals surface area contributed by atoms with Gasteiger partial charge in [0.15, 0.2) is 0 Å². The van der Waals surface area contributed by atoms with Crippen molar-refractivity contribution < 1.29 is 4.42 Å². The van der Waals surface area contributed by atoms with Gasteiger partial charge in [0.25, 0.3) is 0 Å². The predicted molar refractivity (Wildman–Crippen MR) is 48.5 cm³/mol. The highest BCUT2D eigenvalue weighted by Crippen LogP contribution is 2.24. The molecule has 2 rings (SSSR count). The summed E-state index contributed by atoms with van der Waals surface area (Å²) in [5.41, 5.74) is 0. The Morgan fingerprint density at radius 1 is 1.46 bits per heavy atom. The zero-order chi connectivity index (χ0) is 9.26. The number of hydrogen-bond donors (Lipinski definition) is 0. The molecule has 13 heavy (non-hydrogen) atoms. The van der Waals surface area contributed by atoms with Crippen LogP contribution in [0.2, 0.25) is 0 Å². The van der Waals surface area contributed by atoms with E-state index in [2.05, 4.69) is 22.1 Å². The van der Waals surface area contributed by atoms with Crippen molar-refractivity contribution in [1.82, 2.24) is 15.1 Å². The van der Waals surface area contributed by atoms with Crippen LogP contribution in [0.15, 0.2) is 4.42 Å². The van der Waals surface area contributed by atoms with Crippen molar-refractivity contribution in [3.63, 3.8) is 0 Å². The Morgan fingerprint density at radius 2 is 2.31 bits per heavy atom. The van der Waals surface area contributed by atoms with Gasteiger partial charge in [-0.15, -0.1) is 10.2 Å². The van der Waals surface area contributed by atoms with Crippen molar-refractivity contribution in [3.05, 3.63) is 11.8 Å². The Kier molecular flexibility index (Phi) is 2.31. The third-order valence-electron chi connectivity index (χ3n) is 2.52. The van der Waals surface area contributed by atoms with E-state index in [1.807, 2.05) is 6.92 Å². The minimum Gasteiger partial charge on any atom is -0.425 e. The molecule has 1 unspecified atom stereocenters. The molecule has 0 spiro atoms. The molecule has 1 aromatic rings. The molecule has 0 aliphatic carbocycles. The summed E-state index contributed by atoms with van der Waals surface area (Å²) in [4.78, 5) is 2.31. The number of likely N-dealkylation sites (tertiary alicyclic amines) is 1. The average molecular weight is 181 g/mol. The fraction of sp³-hybridized carbons (Fsp3) is 0.778. The van der Waals surface area contributed by atoms with Crippen LogP contribution < -0.4 is 0 Å². The van der Waals surface area contributed by atoms with Crippen molar-refractivity contribution in [2.75, 3.05) is 20.1 Å². The highest BCUT2D eigenvalue weighted by molar-refractivity contribution is 4.94. The normalized spacial score (nSPS) is 24.9. The second-order valence-corrected chi connectivity index (χ2v) is 3.76. The number of hydrogen-bond acceptors (Lipinski definition) is 4. The number of nitrogens with zero attached hydrogens (tertiary/aromatic N) is 3. The molecule has 1 saturated heterocycles. The number of rotatable bonds is 1. The van der Waals surface area contributed by atoms with E-state index in [0.29, 0.717) is 11.8 Å². The van der Waals surface area contributed by atoms with E-state index in [9.17, 15) is 0 Å². The van der Waals surface area contributed by atoms with Crippen molar-refractivity contribution in [2.45, 2.75) is 25.7 Å². The molecule has 0 N–H and O–H groups in total. The number of piperidine rings is 1. The zero-order valence-electron chi connectivity index (χ0n) is 8.16. The minimum absolute atomic E-state index is 0.444. The molecule has 1 atom stereocenters. The molecule has 4 heteroatoms. The van der Waals surface area contributed by atoms with Crippen LogP contribution in [-0.4, -0.2) is 35.2 Å². The van der Waals surface area contributed by atoms with Gasteiger partial charge in [0, 0.05) is 13.5 Å². The molecule has 4 nitrogen and oxygen atoms in total. The summed E-state index contributed by atoms with van der Waals surface area (Å²) in [5.74, 6) is 1.92. The maximum atomic E-state index is 5.42. The predicted octanol–water partition coefficient (Wildman–Crippen LogP) is 1.19. The molecule has 0 radical (unpaired) electrons. The van der Waals surface area contributed by atoms with E-state index in [1.165, 1.54) is 19.4 Å². The fourth-order valence-electron chi connectivity index (χ4n) is 1.84. The van der Waals surface area contributed by atoms with Crippen LogP contribution in [0.1, 0.15) is 30.5 Å². The van der Waals surface area contributed by atoms with Crippen molar-refractivity contribution in [3.8, 4) is 0 Å². The van der Waals surface area contributed by atoms with E-state index in [0.717, 1.165) is 12.4 Å². The Balaban J connectivity index is 2.08. The highest BCUT2D eigenvalue weighted by atomic mass is 16.4.